The first-order valence-electron chi connectivity index (χ1n) is 19.0. The van der Waals surface area contributed by atoms with Crippen molar-refractivity contribution in [2.75, 3.05) is 0 Å². The Morgan fingerprint density at radius 1 is 0.510 bits per heavy atom. The highest BCUT2D eigenvalue weighted by atomic mass is 32.1. The third-order valence-corrected chi connectivity index (χ3v) is 10.7. The molecule has 0 N–H and O–H groups in total. The van der Waals surface area contributed by atoms with Crippen molar-refractivity contribution in [2.24, 2.45) is 0 Å². The molecule has 0 fully saturated rings. The normalized spacial score (nSPS) is 13.3. The van der Waals surface area contributed by atoms with Crippen molar-refractivity contribution in [1.82, 2.24) is 19.5 Å². The molecule has 0 saturated heterocycles. The van der Waals surface area contributed by atoms with Crippen LogP contribution >= 0.6 is 11.3 Å². The molecule has 0 unspecified atom stereocenters. The van der Waals surface area contributed by atoms with Crippen LogP contribution in [-0.4, -0.2) is 19.5 Å². The number of hydrogen-bond donors (Lipinski definition) is 0. The van der Waals surface area contributed by atoms with Crippen LogP contribution in [0.5, 0.6) is 0 Å². The molecule has 4 heterocycles. The molecule has 0 radical (unpaired) electrons. The lowest BCUT2D eigenvalue weighted by Gasteiger charge is -2.09. The van der Waals surface area contributed by atoms with E-state index < -0.39 is 30.2 Å². The lowest BCUT2D eigenvalue weighted by Crippen LogP contribution is -2.00. The predicted molar refractivity (Wildman–Crippen MR) is 211 cm³/mol. The van der Waals surface area contributed by atoms with Crippen LogP contribution < -0.4 is 0 Å². The maximum atomic E-state index is 8.79. The maximum absolute atomic E-state index is 8.79. The van der Waals surface area contributed by atoms with Crippen molar-refractivity contribution < 1.29 is 11.3 Å². The number of hydrogen-bond acceptors (Lipinski definition) is 5. The predicted octanol–water partition coefficient (Wildman–Crippen LogP) is 12.2. The fourth-order valence-electron chi connectivity index (χ4n) is 7.27. The molecule has 7 aromatic carbocycles. The summed E-state index contributed by atoms with van der Waals surface area (Å²) in [7, 11) is 0. The number of rotatable bonds is 4. The molecule has 5 nitrogen and oxygen atoms in total. The van der Waals surface area contributed by atoms with Crippen LogP contribution in [0.4, 0.5) is 0 Å². The van der Waals surface area contributed by atoms with E-state index in [0.29, 0.717) is 28.1 Å². The Labute approximate surface area is 302 Å². The molecular weight excluding hydrogens is 645 g/mol. The van der Waals surface area contributed by atoms with Crippen LogP contribution in [-0.2, 0) is 0 Å². The quantitative estimate of drug-likeness (QED) is 0.186. The largest absolute Gasteiger partial charge is 0.455 e. The van der Waals surface area contributed by atoms with Gasteiger partial charge in [0.2, 0.25) is 0 Å². The number of aromatic nitrogens is 4. The molecular formula is C45H26N4OS. The third kappa shape index (κ3) is 4.37. The van der Waals surface area contributed by atoms with E-state index >= 15 is 0 Å². The first kappa shape index (κ1) is 23.7. The van der Waals surface area contributed by atoms with Gasteiger partial charge in [-0.3, -0.25) is 0 Å². The van der Waals surface area contributed by atoms with Gasteiger partial charge in [0, 0.05) is 64.6 Å². The molecule has 0 atom stereocenters. The zero-order chi connectivity index (χ0) is 37.8. The van der Waals surface area contributed by atoms with Crippen molar-refractivity contribution in [2.45, 2.75) is 0 Å². The molecule has 0 aliphatic rings. The molecule has 51 heavy (non-hydrogen) atoms. The van der Waals surface area contributed by atoms with E-state index in [1.165, 1.54) is 10.8 Å². The van der Waals surface area contributed by atoms with Crippen molar-refractivity contribution in [3.8, 4) is 39.9 Å². The summed E-state index contributed by atoms with van der Waals surface area (Å²) in [6.07, 6.45) is 0. The van der Waals surface area contributed by atoms with E-state index in [0.717, 1.165) is 47.7 Å². The molecule has 11 rings (SSSR count). The number of thiophene rings is 1. The van der Waals surface area contributed by atoms with Gasteiger partial charge in [-0.05, 0) is 42.5 Å². The third-order valence-electron chi connectivity index (χ3n) is 9.56. The Morgan fingerprint density at radius 2 is 1.16 bits per heavy atom. The van der Waals surface area contributed by atoms with E-state index in [2.05, 4.69) is 71.3 Å². The lowest BCUT2D eigenvalue weighted by molar-refractivity contribution is 0.669. The molecule has 0 bridgehead atoms. The SMILES string of the molecule is [2H]c1c([2H])c([2H])c(-c2nc(-c3ccc4c(c3)sc3ccccc34)nc(-c3cccc4c3oc3cc(-n5c6ccccc6c6ccccc65)ccc34)n2)c([2H])c1[2H]. The average molecular weight is 676 g/mol. The number of para-hydroxylation sites is 3. The molecule has 238 valence electrons. The van der Waals surface area contributed by atoms with E-state index in [4.69, 9.17) is 26.2 Å². The zero-order valence-corrected chi connectivity index (χ0v) is 27.5. The highest BCUT2D eigenvalue weighted by molar-refractivity contribution is 7.25. The molecule has 4 aromatic heterocycles. The number of fused-ring (bicyclic) bond motifs is 9. The summed E-state index contributed by atoms with van der Waals surface area (Å²) in [6, 6.07) is 40.8. The Kier molecular flexibility index (Phi) is 5.08. The Balaban J connectivity index is 1.14. The minimum atomic E-state index is -0.485. The summed E-state index contributed by atoms with van der Waals surface area (Å²) < 4.78 is 53.7. The molecule has 0 saturated carbocycles. The second-order valence-corrected chi connectivity index (χ2v) is 13.5. The minimum absolute atomic E-state index is 0.0276. The van der Waals surface area contributed by atoms with Crippen molar-refractivity contribution >= 4 is 75.3 Å². The van der Waals surface area contributed by atoms with Crippen LogP contribution in [0.2, 0.25) is 0 Å². The zero-order valence-electron chi connectivity index (χ0n) is 31.7. The van der Waals surface area contributed by atoms with Crippen molar-refractivity contribution in [1.29, 1.82) is 0 Å². The highest BCUT2D eigenvalue weighted by Crippen LogP contribution is 2.40. The van der Waals surface area contributed by atoms with Gasteiger partial charge in [0.1, 0.15) is 11.2 Å². The van der Waals surface area contributed by atoms with E-state index in [9.17, 15) is 0 Å². The molecule has 11 aromatic rings. The van der Waals surface area contributed by atoms with Gasteiger partial charge in [-0.15, -0.1) is 11.3 Å². The van der Waals surface area contributed by atoms with Gasteiger partial charge in [0.15, 0.2) is 17.5 Å². The summed E-state index contributed by atoms with van der Waals surface area (Å²) in [5.74, 6) is 0.527. The Bertz CT molecular complexity index is 3380. The van der Waals surface area contributed by atoms with Crippen LogP contribution in [0, 0.1) is 0 Å². The molecule has 0 spiro atoms. The van der Waals surface area contributed by atoms with E-state index in [1.54, 1.807) is 11.3 Å². The van der Waals surface area contributed by atoms with Crippen molar-refractivity contribution in [3.05, 3.63) is 158 Å². The van der Waals surface area contributed by atoms with E-state index in [-0.39, 0.29) is 17.2 Å². The van der Waals surface area contributed by atoms with Crippen LogP contribution in [0.25, 0.3) is 104 Å². The van der Waals surface area contributed by atoms with Crippen molar-refractivity contribution in [3.63, 3.8) is 0 Å². The van der Waals surface area contributed by atoms with Gasteiger partial charge < -0.3 is 8.98 Å². The van der Waals surface area contributed by atoms with Gasteiger partial charge in [-0.1, -0.05) is 109 Å². The summed E-state index contributed by atoms with van der Waals surface area (Å²) in [5, 5.41) is 6.39. The highest BCUT2D eigenvalue weighted by Gasteiger charge is 2.19. The maximum Gasteiger partial charge on any atom is 0.167 e. The smallest absolute Gasteiger partial charge is 0.167 e. The second kappa shape index (κ2) is 10.9. The first-order chi connectivity index (χ1) is 27.3. The van der Waals surface area contributed by atoms with E-state index in [1.807, 2.05) is 60.7 Å². The number of furan rings is 1. The summed E-state index contributed by atoms with van der Waals surface area (Å²) in [5.41, 5.74) is 5.57. The summed E-state index contributed by atoms with van der Waals surface area (Å²) in [4.78, 5) is 14.6. The second-order valence-electron chi connectivity index (χ2n) is 12.4. The first-order valence-corrected chi connectivity index (χ1v) is 17.3. The Morgan fingerprint density at radius 3 is 1.96 bits per heavy atom. The lowest BCUT2D eigenvalue weighted by atomic mass is 10.1. The fraction of sp³-hybridized carbons (Fsp3) is 0. The van der Waals surface area contributed by atoms with Gasteiger partial charge in [0.05, 0.1) is 23.5 Å². The van der Waals surface area contributed by atoms with Crippen LogP contribution in [0.3, 0.4) is 0 Å². The molecule has 6 heteroatoms. The standard InChI is InChI=1S/C45H26N4OS/c1-2-11-27(12-3-1)43-46-44(28-21-23-34-33-15-6-9-20-40(33)51-41(34)25-28)48-45(47-43)36-17-10-16-35-32-24-22-29(26-39(32)50-42(35)36)49-37-18-7-4-13-30(37)31-14-5-8-19-38(31)49/h1-26H/i1D,2D,3D,11D,12D. The van der Waals surface area contributed by atoms with Crippen LogP contribution in [0.1, 0.15) is 6.85 Å². The summed E-state index contributed by atoms with van der Waals surface area (Å²) in [6.45, 7) is 0. The molecule has 0 amide bonds. The van der Waals surface area contributed by atoms with Gasteiger partial charge in [-0.2, -0.15) is 0 Å². The molecule has 0 aliphatic carbocycles. The Hall–Kier alpha value is -6.63. The molecule has 0 aliphatic heterocycles. The number of benzene rings is 7. The average Bonchev–Trinajstić information content (AvgIpc) is 3.91. The summed E-state index contributed by atoms with van der Waals surface area (Å²) >= 11 is 1.67. The number of nitrogens with zero attached hydrogens (tertiary/aromatic N) is 4. The minimum Gasteiger partial charge on any atom is -0.455 e. The fourth-order valence-corrected chi connectivity index (χ4v) is 8.41. The van der Waals surface area contributed by atoms with Crippen LogP contribution in [0.15, 0.2) is 162 Å². The van der Waals surface area contributed by atoms with Gasteiger partial charge in [0.25, 0.3) is 0 Å². The van der Waals surface area contributed by atoms with Gasteiger partial charge >= 0.3 is 0 Å². The topological polar surface area (TPSA) is 56.7 Å². The monoisotopic (exact) mass is 675 g/mol. The van der Waals surface area contributed by atoms with Gasteiger partial charge in [-0.25, -0.2) is 15.0 Å².